The van der Waals surface area contributed by atoms with Gasteiger partial charge in [0.1, 0.15) is 0 Å². The van der Waals surface area contributed by atoms with Crippen LogP contribution in [0.25, 0.3) is 11.1 Å². The Balaban J connectivity index is 1.68. The Morgan fingerprint density at radius 3 is 2.67 bits per heavy atom. The largest absolute Gasteiger partial charge is 0.481 e. The van der Waals surface area contributed by atoms with E-state index in [0.717, 1.165) is 48.9 Å². The molecule has 1 N–H and O–H groups in total. The van der Waals surface area contributed by atoms with Gasteiger partial charge in [0.15, 0.2) is 0 Å². The van der Waals surface area contributed by atoms with E-state index in [9.17, 15) is 14.0 Å². The third kappa shape index (κ3) is 7.41. The smallest absolute Gasteiger partial charge is 0.253 e. The quantitative estimate of drug-likeness (QED) is 0.348. The van der Waals surface area contributed by atoms with Gasteiger partial charge in [-0.25, -0.2) is 4.98 Å². The fourth-order valence-electron chi connectivity index (χ4n) is 3.57. The summed E-state index contributed by atoms with van der Waals surface area (Å²) in [6.45, 7) is 3.64. The van der Waals surface area contributed by atoms with Crippen molar-refractivity contribution in [2.45, 2.75) is 51.0 Å². The number of alkyl halides is 1. The van der Waals surface area contributed by atoms with Crippen molar-refractivity contribution in [2.75, 3.05) is 25.2 Å². The second kappa shape index (κ2) is 12.1. The molecule has 0 radical (unpaired) electrons. The highest BCUT2D eigenvalue weighted by atomic mass is 19.1. The molecule has 1 aliphatic carbocycles. The zero-order valence-corrected chi connectivity index (χ0v) is 19.2. The second-order valence-corrected chi connectivity index (χ2v) is 8.29. The number of methoxy groups -OCH3 is 1. The lowest BCUT2D eigenvalue weighted by atomic mass is 10.0. The Bertz CT molecular complexity index is 975. The summed E-state index contributed by atoms with van der Waals surface area (Å²) in [4.78, 5) is 30.7. The molecule has 2 amide bonds. The summed E-state index contributed by atoms with van der Waals surface area (Å²) in [5, 5.41) is 2.99. The van der Waals surface area contributed by atoms with E-state index >= 15 is 0 Å². The molecule has 1 heterocycles. The highest BCUT2D eigenvalue weighted by molar-refractivity contribution is 6.05. The van der Waals surface area contributed by atoms with Gasteiger partial charge in [-0.2, -0.15) is 0 Å². The molecule has 1 aliphatic rings. The second-order valence-electron chi connectivity index (χ2n) is 8.29. The zero-order valence-electron chi connectivity index (χ0n) is 19.2. The molecule has 0 saturated heterocycles. The van der Waals surface area contributed by atoms with Crippen LogP contribution >= 0.6 is 0 Å². The summed E-state index contributed by atoms with van der Waals surface area (Å²) in [7, 11) is 1.56. The van der Waals surface area contributed by atoms with E-state index in [1.807, 2.05) is 36.4 Å². The molecule has 0 unspecified atom stereocenters. The number of amides is 2. The first-order valence-electron chi connectivity index (χ1n) is 11.5. The number of halogens is 1. The van der Waals surface area contributed by atoms with Gasteiger partial charge in [0.2, 0.25) is 11.8 Å². The minimum absolute atomic E-state index is 0.0118. The highest BCUT2D eigenvalue weighted by Gasteiger charge is 2.23. The number of carbonyl (C=O) groups is 2. The first kappa shape index (κ1) is 24.4. The van der Waals surface area contributed by atoms with E-state index in [-0.39, 0.29) is 23.8 Å². The Hall–Kier alpha value is -3.22. The number of benzene rings is 1. The molecule has 33 heavy (non-hydrogen) atoms. The van der Waals surface area contributed by atoms with Crippen molar-refractivity contribution in [2.24, 2.45) is 0 Å². The van der Waals surface area contributed by atoms with Crippen LogP contribution in [0.2, 0.25) is 0 Å². The van der Waals surface area contributed by atoms with Crippen molar-refractivity contribution in [3.63, 3.8) is 0 Å². The maximum absolute atomic E-state index is 13.0. The molecule has 1 fully saturated rings. The summed E-state index contributed by atoms with van der Waals surface area (Å²) in [6, 6.07) is 11.7. The first-order valence-corrected chi connectivity index (χ1v) is 11.5. The molecule has 0 bridgehead atoms. The summed E-state index contributed by atoms with van der Waals surface area (Å²) in [5.41, 5.74) is 2.80. The van der Waals surface area contributed by atoms with Crippen LogP contribution in [0, 0.1) is 0 Å². The molecule has 1 saturated carbocycles. The molecule has 176 valence electrons. The lowest BCUT2D eigenvalue weighted by Gasteiger charge is -2.24. The topological polar surface area (TPSA) is 71.5 Å². The molecule has 0 spiro atoms. The van der Waals surface area contributed by atoms with Crippen LogP contribution in [-0.2, 0) is 9.59 Å². The van der Waals surface area contributed by atoms with Crippen molar-refractivity contribution in [3.8, 4) is 17.0 Å². The molecule has 1 aromatic heterocycles. The fraction of sp³-hybridized carbons (Fsp3) is 0.423. The van der Waals surface area contributed by atoms with Gasteiger partial charge in [0, 0.05) is 49.0 Å². The van der Waals surface area contributed by atoms with Crippen LogP contribution in [-0.4, -0.2) is 43.2 Å². The number of carbonyl (C=O) groups excluding carboxylic acids is 2. The predicted octanol–water partition coefficient (Wildman–Crippen LogP) is 4.85. The average molecular weight is 454 g/mol. The van der Waals surface area contributed by atoms with Gasteiger partial charge in [-0.15, -0.1) is 0 Å². The molecule has 1 aromatic carbocycles. The van der Waals surface area contributed by atoms with E-state index in [0.29, 0.717) is 24.9 Å². The number of aromatic nitrogens is 1. The van der Waals surface area contributed by atoms with Gasteiger partial charge in [-0.1, -0.05) is 25.1 Å². The normalized spacial score (nSPS) is 12.8. The number of hydrogen-bond donors (Lipinski definition) is 1. The Labute approximate surface area is 194 Å². The van der Waals surface area contributed by atoms with Crippen molar-refractivity contribution in [3.05, 3.63) is 54.7 Å². The minimum Gasteiger partial charge on any atom is -0.481 e. The van der Waals surface area contributed by atoms with Crippen LogP contribution < -0.4 is 15.0 Å². The maximum Gasteiger partial charge on any atom is 0.253 e. The first-order chi connectivity index (χ1) is 16.0. The summed E-state index contributed by atoms with van der Waals surface area (Å²) in [5.74, 6) is 0.332. The molecule has 2 aromatic rings. The fourth-order valence-corrected chi connectivity index (χ4v) is 3.57. The molecule has 0 atom stereocenters. The van der Waals surface area contributed by atoms with Crippen molar-refractivity contribution in [1.29, 1.82) is 0 Å². The number of rotatable bonds is 13. The third-order valence-electron chi connectivity index (χ3n) is 5.61. The minimum atomic E-state index is -0.620. The molecule has 3 rings (SSSR count). The van der Waals surface area contributed by atoms with E-state index in [2.05, 4.69) is 16.9 Å². The van der Waals surface area contributed by atoms with E-state index in [1.165, 1.54) is 0 Å². The summed E-state index contributed by atoms with van der Waals surface area (Å²) < 4.78 is 18.1. The van der Waals surface area contributed by atoms with Crippen LogP contribution in [0.1, 0.15) is 44.9 Å². The molecule has 7 heteroatoms. The average Bonchev–Trinajstić information content (AvgIpc) is 3.65. The number of nitrogens with one attached hydrogen (secondary N) is 1. The molecular weight excluding hydrogens is 421 g/mol. The van der Waals surface area contributed by atoms with Gasteiger partial charge in [0.25, 0.3) is 5.91 Å². The highest BCUT2D eigenvalue weighted by Crippen LogP contribution is 2.28. The molecular formula is C26H32FN3O3. The summed E-state index contributed by atoms with van der Waals surface area (Å²) >= 11 is 0. The van der Waals surface area contributed by atoms with Crippen LogP contribution in [0.4, 0.5) is 10.1 Å². The number of unbranched alkanes of at least 4 members (excludes halogenated alkanes) is 2. The standard InChI is InChI=1S/C26H32FN3O3/c1-19(12-14-27)26(32)30(16-5-3-4-9-24(31)29-22-10-11-22)23-8-6-7-20(17-23)21-13-15-28-25(18-21)33-2/h6-8,13,15,17-18,22H,1,3-5,9-12,14,16H2,2H3,(H,29,31). The third-order valence-corrected chi connectivity index (χ3v) is 5.61. The van der Waals surface area contributed by atoms with Gasteiger partial charge in [-0.05, 0) is 55.0 Å². The molecule has 6 nitrogen and oxygen atoms in total. The van der Waals surface area contributed by atoms with Gasteiger partial charge in [0.05, 0.1) is 13.8 Å². The van der Waals surface area contributed by atoms with Gasteiger partial charge < -0.3 is 15.0 Å². The van der Waals surface area contributed by atoms with Crippen molar-refractivity contribution >= 4 is 17.5 Å². The number of ether oxygens (including phenoxy) is 1. The Morgan fingerprint density at radius 1 is 1.15 bits per heavy atom. The lowest BCUT2D eigenvalue weighted by Crippen LogP contribution is -2.33. The predicted molar refractivity (Wildman–Crippen MR) is 128 cm³/mol. The number of pyridine rings is 1. The Kier molecular flexibility index (Phi) is 8.98. The van der Waals surface area contributed by atoms with Crippen LogP contribution in [0.3, 0.4) is 0 Å². The SMILES string of the molecule is C=C(CCF)C(=O)N(CCCCCC(=O)NC1CC1)c1cccc(-c2ccnc(OC)c2)c1. The monoisotopic (exact) mass is 453 g/mol. The van der Waals surface area contributed by atoms with Crippen LogP contribution in [0.15, 0.2) is 54.7 Å². The van der Waals surface area contributed by atoms with Gasteiger partial charge >= 0.3 is 0 Å². The Morgan fingerprint density at radius 2 is 1.94 bits per heavy atom. The maximum atomic E-state index is 13.0. The lowest BCUT2D eigenvalue weighted by molar-refractivity contribution is -0.121. The van der Waals surface area contributed by atoms with Crippen molar-refractivity contribution in [1.82, 2.24) is 10.3 Å². The summed E-state index contributed by atoms with van der Waals surface area (Å²) in [6.07, 6.45) is 6.66. The van der Waals surface area contributed by atoms with E-state index < -0.39 is 6.67 Å². The number of hydrogen-bond acceptors (Lipinski definition) is 4. The molecule has 0 aliphatic heterocycles. The zero-order chi connectivity index (χ0) is 23.6. The number of anilines is 1. The van der Waals surface area contributed by atoms with E-state index in [4.69, 9.17) is 4.74 Å². The van der Waals surface area contributed by atoms with E-state index in [1.54, 1.807) is 18.2 Å². The van der Waals surface area contributed by atoms with Gasteiger partial charge in [-0.3, -0.25) is 14.0 Å². The number of nitrogens with zero attached hydrogens (tertiary/aromatic N) is 2. The van der Waals surface area contributed by atoms with Crippen LogP contribution in [0.5, 0.6) is 5.88 Å². The van der Waals surface area contributed by atoms with Crippen molar-refractivity contribution < 1.29 is 18.7 Å².